The Balaban J connectivity index is 1.49. The molecule has 6 aliphatic rings. The Morgan fingerprint density at radius 3 is 1.36 bits per heavy atom. The standard InChI is InChI=1S/C20H34BCl/c1-11-15-7-13(19(15,3)4)9-17(11)21(22)18-10-14-8-16(12(18)2)20(14,5)6/h11-18H,7-10H2,1-6H3/t11-,12-,13+,14?,15-,16?,17-,18-/m0/s1. The molecule has 0 aromatic rings. The molecule has 0 spiro atoms. The van der Waals surface area contributed by atoms with Crippen LogP contribution < -0.4 is 0 Å². The molecule has 2 heteroatoms. The van der Waals surface area contributed by atoms with Crippen LogP contribution >= 0.6 is 11.5 Å². The number of hydrogen-bond acceptors (Lipinski definition) is 0. The van der Waals surface area contributed by atoms with Crippen LogP contribution in [-0.2, 0) is 0 Å². The van der Waals surface area contributed by atoms with Crippen molar-refractivity contribution in [3.05, 3.63) is 0 Å². The van der Waals surface area contributed by atoms with E-state index in [2.05, 4.69) is 41.5 Å². The lowest BCUT2D eigenvalue weighted by molar-refractivity contribution is -0.106. The summed E-state index contributed by atoms with van der Waals surface area (Å²) in [5, 5.41) is 0. The molecule has 0 heterocycles. The fraction of sp³-hybridized carbons (Fsp3) is 1.00. The lowest BCUT2D eigenvalue weighted by Crippen LogP contribution is -2.58. The molecule has 0 amide bonds. The van der Waals surface area contributed by atoms with Crippen LogP contribution in [0.2, 0.25) is 11.6 Å². The van der Waals surface area contributed by atoms with Crippen molar-refractivity contribution in [3.8, 4) is 0 Å². The van der Waals surface area contributed by atoms with Crippen molar-refractivity contribution in [1.29, 1.82) is 0 Å². The summed E-state index contributed by atoms with van der Waals surface area (Å²) in [6, 6.07) is 0. The third kappa shape index (κ3) is 1.84. The molecule has 6 fully saturated rings. The van der Waals surface area contributed by atoms with Crippen molar-refractivity contribution in [1.82, 2.24) is 0 Å². The van der Waals surface area contributed by atoms with E-state index in [1.165, 1.54) is 25.7 Å². The van der Waals surface area contributed by atoms with Gasteiger partial charge in [0.1, 0.15) is 0 Å². The second kappa shape index (κ2) is 4.71. The summed E-state index contributed by atoms with van der Waals surface area (Å²) < 4.78 is 0. The average molecular weight is 321 g/mol. The summed E-state index contributed by atoms with van der Waals surface area (Å²) >= 11 is 7.19. The van der Waals surface area contributed by atoms with Gasteiger partial charge in [0, 0.05) is 0 Å². The first-order valence-electron chi connectivity index (χ1n) is 9.79. The molecule has 0 radical (unpaired) electrons. The normalized spacial score (nSPS) is 54.1. The number of halogens is 1. The summed E-state index contributed by atoms with van der Waals surface area (Å²) in [5.74, 6) is 7.00. The zero-order valence-corrected chi connectivity index (χ0v) is 16.2. The molecule has 4 bridgehead atoms. The monoisotopic (exact) mass is 320 g/mol. The smallest absolute Gasteiger partial charge is 0.195 e. The zero-order chi connectivity index (χ0) is 16.0. The minimum atomic E-state index is 0.438. The first kappa shape index (κ1) is 15.9. The molecule has 0 aliphatic heterocycles. The number of fused-ring (bicyclic) bond motifs is 4. The van der Waals surface area contributed by atoms with E-state index < -0.39 is 0 Å². The van der Waals surface area contributed by atoms with E-state index in [1.54, 1.807) is 0 Å². The molecular formula is C20H34BCl. The van der Waals surface area contributed by atoms with E-state index in [4.69, 9.17) is 11.5 Å². The highest BCUT2D eigenvalue weighted by Gasteiger charge is 2.62. The van der Waals surface area contributed by atoms with Crippen LogP contribution in [0.4, 0.5) is 0 Å². The molecule has 0 N–H and O–H groups in total. The summed E-state index contributed by atoms with van der Waals surface area (Å²) in [6.07, 6.45) is 6.20. The maximum atomic E-state index is 7.19. The van der Waals surface area contributed by atoms with Gasteiger partial charge in [0.25, 0.3) is 6.13 Å². The molecule has 22 heavy (non-hydrogen) atoms. The number of rotatable bonds is 2. The highest BCUT2D eigenvalue weighted by molar-refractivity contribution is 7.08. The highest BCUT2D eigenvalue weighted by atomic mass is 35.5. The first-order valence-corrected chi connectivity index (χ1v) is 10.2. The second-order valence-corrected chi connectivity index (χ2v) is 11.2. The van der Waals surface area contributed by atoms with E-state index >= 15 is 0 Å². The van der Waals surface area contributed by atoms with Gasteiger partial charge in [0.15, 0.2) is 0 Å². The molecule has 0 aromatic carbocycles. The van der Waals surface area contributed by atoms with Crippen LogP contribution in [-0.4, -0.2) is 6.13 Å². The Morgan fingerprint density at radius 1 is 0.727 bits per heavy atom. The van der Waals surface area contributed by atoms with Crippen LogP contribution in [0.15, 0.2) is 0 Å². The fourth-order valence-corrected chi connectivity index (χ4v) is 8.20. The lowest BCUT2D eigenvalue weighted by atomic mass is 9.30. The third-order valence-corrected chi connectivity index (χ3v) is 10.3. The summed E-state index contributed by atoms with van der Waals surface area (Å²) in [4.78, 5) is 0. The molecular weight excluding hydrogens is 286 g/mol. The Kier molecular flexibility index (Phi) is 3.39. The molecule has 8 atom stereocenters. The van der Waals surface area contributed by atoms with E-state index in [1.807, 2.05) is 0 Å². The van der Waals surface area contributed by atoms with Crippen LogP contribution in [0, 0.1) is 46.3 Å². The molecule has 6 rings (SSSR count). The van der Waals surface area contributed by atoms with Crippen molar-refractivity contribution in [2.75, 3.05) is 0 Å². The van der Waals surface area contributed by atoms with Gasteiger partial charge in [-0.2, -0.15) is 11.5 Å². The maximum Gasteiger partial charge on any atom is 0.257 e. The van der Waals surface area contributed by atoms with Gasteiger partial charge in [-0.1, -0.05) is 54.4 Å². The number of hydrogen-bond donors (Lipinski definition) is 0. The van der Waals surface area contributed by atoms with Crippen molar-refractivity contribution >= 4 is 17.6 Å². The first-order chi connectivity index (χ1) is 10.2. The Bertz CT molecular complexity index is 428. The molecule has 2 unspecified atom stereocenters. The molecule has 6 saturated carbocycles. The average Bonchev–Trinajstić information content (AvgIpc) is 2.45. The Labute approximate surface area is 143 Å². The van der Waals surface area contributed by atoms with Crippen molar-refractivity contribution in [3.63, 3.8) is 0 Å². The Hall–Kier alpha value is 0.355. The van der Waals surface area contributed by atoms with Gasteiger partial charge < -0.3 is 0 Å². The van der Waals surface area contributed by atoms with Crippen LogP contribution in [0.25, 0.3) is 0 Å². The predicted molar refractivity (Wildman–Crippen MR) is 97.4 cm³/mol. The van der Waals surface area contributed by atoms with Gasteiger partial charge in [-0.05, 0) is 70.8 Å². The van der Waals surface area contributed by atoms with Gasteiger partial charge in [0.2, 0.25) is 0 Å². The molecule has 124 valence electrons. The minimum Gasteiger partial charge on any atom is -0.195 e. The van der Waals surface area contributed by atoms with E-state index in [9.17, 15) is 0 Å². The largest absolute Gasteiger partial charge is 0.257 e. The van der Waals surface area contributed by atoms with Crippen LogP contribution in [0.1, 0.15) is 67.2 Å². The van der Waals surface area contributed by atoms with Gasteiger partial charge >= 0.3 is 0 Å². The third-order valence-electron chi connectivity index (χ3n) is 9.64. The quantitative estimate of drug-likeness (QED) is 0.519. The topological polar surface area (TPSA) is 0 Å². The van der Waals surface area contributed by atoms with Crippen molar-refractivity contribution in [2.45, 2.75) is 78.9 Å². The van der Waals surface area contributed by atoms with Crippen LogP contribution in [0.3, 0.4) is 0 Å². The van der Waals surface area contributed by atoms with Crippen molar-refractivity contribution < 1.29 is 0 Å². The molecule has 0 saturated heterocycles. The minimum absolute atomic E-state index is 0.438. The van der Waals surface area contributed by atoms with E-state index in [-0.39, 0.29) is 0 Å². The summed E-state index contributed by atoms with van der Waals surface area (Å²) in [7, 11) is 0. The predicted octanol–water partition coefficient (Wildman–Crippen LogP) is 6.36. The molecule has 0 aromatic heterocycles. The molecule has 0 nitrogen and oxygen atoms in total. The summed E-state index contributed by atoms with van der Waals surface area (Å²) in [6.45, 7) is 15.0. The molecule has 6 aliphatic carbocycles. The zero-order valence-electron chi connectivity index (χ0n) is 15.4. The van der Waals surface area contributed by atoms with Gasteiger partial charge in [-0.3, -0.25) is 0 Å². The van der Waals surface area contributed by atoms with E-state index in [0.717, 1.165) is 47.1 Å². The van der Waals surface area contributed by atoms with Gasteiger partial charge in [-0.15, -0.1) is 0 Å². The summed E-state index contributed by atoms with van der Waals surface area (Å²) in [5.41, 5.74) is 1.18. The van der Waals surface area contributed by atoms with Crippen molar-refractivity contribution in [2.24, 2.45) is 46.3 Å². The second-order valence-electron chi connectivity index (χ2n) is 10.7. The van der Waals surface area contributed by atoms with E-state index in [0.29, 0.717) is 17.0 Å². The Morgan fingerprint density at radius 2 is 1.09 bits per heavy atom. The lowest BCUT2D eigenvalue weighted by Gasteiger charge is -2.65. The van der Waals surface area contributed by atoms with Crippen LogP contribution in [0.5, 0.6) is 0 Å². The fourth-order valence-electron chi connectivity index (χ4n) is 7.54. The SMILES string of the molecule is C[C@@H]1[C@@H](B(Cl)[C@H]2CC3CC([C@@H]2C)C3(C)C)C[C@H]2C[C@@H]1C2(C)C. The maximum absolute atomic E-state index is 7.19. The van der Waals surface area contributed by atoms with Gasteiger partial charge in [0.05, 0.1) is 0 Å². The van der Waals surface area contributed by atoms with Gasteiger partial charge in [-0.25, -0.2) is 0 Å². The highest BCUT2D eigenvalue weighted by Crippen LogP contribution is 2.69.